The summed E-state index contributed by atoms with van der Waals surface area (Å²) < 4.78 is 0. The monoisotopic (exact) mass is 123 g/mol. The fourth-order valence-electron chi connectivity index (χ4n) is 0.830. The Bertz CT molecular complexity index is 201. The summed E-state index contributed by atoms with van der Waals surface area (Å²) in [6.45, 7) is 1.98. The van der Waals surface area contributed by atoms with Crippen LogP contribution in [0.5, 0.6) is 0 Å². The maximum absolute atomic E-state index is 10.5. The molecule has 0 aromatic rings. The maximum Gasteiger partial charge on any atom is 0.244 e. The van der Waals surface area contributed by atoms with Gasteiger partial charge in [-0.25, -0.2) is 0 Å². The Balaban J connectivity index is 2.64. The highest BCUT2D eigenvalue weighted by Crippen LogP contribution is 2.16. The first-order valence-corrected chi connectivity index (χ1v) is 2.86. The molecule has 0 aromatic heterocycles. The smallest absolute Gasteiger partial charge is 0.244 e. The second-order valence-corrected chi connectivity index (χ2v) is 2.25. The number of hydrogen-bond donors (Lipinski definition) is 1. The number of carbonyl (C=O) groups excluding carboxylic acids is 1. The lowest BCUT2D eigenvalue weighted by Crippen LogP contribution is -2.12. The molecule has 0 spiro atoms. The molecule has 0 saturated heterocycles. The molecule has 48 valence electrons. The average Bonchev–Trinajstić information content (AvgIpc) is 2.14. The van der Waals surface area contributed by atoms with E-state index in [0.29, 0.717) is 5.57 Å². The van der Waals surface area contributed by atoms with Crippen molar-refractivity contribution in [3.8, 4) is 0 Å². The van der Waals surface area contributed by atoms with Gasteiger partial charge < -0.3 is 5.73 Å². The van der Waals surface area contributed by atoms with Gasteiger partial charge in [0.1, 0.15) is 0 Å². The summed E-state index contributed by atoms with van der Waals surface area (Å²) in [4.78, 5) is 10.5. The van der Waals surface area contributed by atoms with Crippen molar-refractivity contribution in [2.24, 2.45) is 5.73 Å². The minimum Gasteiger partial charge on any atom is -0.366 e. The predicted octanol–water partition coefficient (Wildman–Crippen LogP) is 0.748. The summed E-state index contributed by atoms with van der Waals surface area (Å²) in [7, 11) is 0. The molecular formula is C7H9NO. The molecule has 1 rings (SSSR count). The van der Waals surface area contributed by atoms with Gasteiger partial charge in [0.2, 0.25) is 5.91 Å². The van der Waals surface area contributed by atoms with Crippen molar-refractivity contribution in [3.05, 3.63) is 23.3 Å². The van der Waals surface area contributed by atoms with Crippen LogP contribution in [0.3, 0.4) is 0 Å². The normalized spacial score (nSPS) is 17.0. The van der Waals surface area contributed by atoms with Gasteiger partial charge in [-0.05, 0) is 13.3 Å². The largest absolute Gasteiger partial charge is 0.366 e. The molecule has 0 fully saturated rings. The van der Waals surface area contributed by atoms with Gasteiger partial charge in [0, 0.05) is 5.57 Å². The van der Waals surface area contributed by atoms with Crippen LogP contribution in [-0.4, -0.2) is 5.91 Å². The van der Waals surface area contributed by atoms with Gasteiger partial charge in [-0.3, -0.25) is 4.79 Å². The molecule has 0 saturated carbocycles. The quantitative estimate of drug-likeness (QED) is 0.549. The van der Waals surface area contributed by atoms with Gasteiger partial charge in [-0.1, -0.05) is 17.7 Å². The Labute approximate surface area is 54.0 Å². The summed E-state index contributed by atoms with van der Waals surface area (Å²) in [6.07, 6.45) is 4.42. The SMILES string of the molecule is CC1=CC=C(C(N)=O)C1. The lowest BCUT2D eigenvalue weighted by Gasteiger charge is -1.92. The molecule has 1 aliphatic rings. The minimum absolute atomic E-state index is 0.303. The number of amides is 1. The second-order valence-electron chi connectivity index (χ2n) is 2.25. The average molecular weight is 123 g/mol. The fourth-order valence-corrected chi connectivity index (χ4v) is 0.830. The maximum atomic E-state index is 10.5. The van der Waals surface area contributed by atoms with Crippen molar-refractivity contribution < 1.29 is 4.79 Å². The van der Waals surface area contributed by atoms with E-state index in [-0.39, 0.29) is 5.91 Å². The van der Waals surface area contributed by atoms with Crippen LogP contribution in [0.2, 0.25) is 0 Å². The minimum atomic E-state index is -0.303. The third-order valence-corrected chi connectivity index (χ3v) is 1.35. The molecule has 0 radical (unpaired) electrons. The Hall–Kier alpha value is -1.05. The lowest BCUT2D eigenvalue weighted by atomic mass is 10.2. The van der Waals surface area contributed by atoms with E-state index in [1.807, 2.05) is 13.0 Å². The highest BCUT2D eigenvalue weighted by Gasteiger charge is 2.08. The molecule has 1 aliphatic carbocycles. The fraction of sp³-hybridized carbons (Fsp3) is 0.286. The Morgan fingerprint density at radius 1 is 1.67 bits per heavy atom. The van der Waals surface area contributed by atoms with Gasteiger partial charge in [0.05, 0.1) is 0 Å². The van der Waals surface area contributed by atoms with E-state index in [2.05, 4.69) is 0 Å². The third-order valence-electron chi connectivity index (χ3n) is 1.35. The van der Waals surface area contributed by atoms with E-state index in [1.54, 1.807) is 6.08 Å². The summed E-state index contributed by atoms with van der Waals surface area (Å²) in [5, 5.41) is 0. The van der Waals surface area contributed by atoms with E-state index < -0.39 is 0 Å². The first kappa shape index (κ1) is 6.08. The predicted molar refractivity (Wildman–Crippen MR) is 35.7 cm³/mol. The molecule has 2 heteroatoms. The number of hydrogen-bond acceptors (Lipinski definition) is 1. The van der Waals surface area contributed by atoms with Crippen LogP contribution in [0.1, 0.15) is 13.3 Å². The van der Waals surface area contributed by atoms with Crippen molar-refractivity contribution in [1.29, 1.82) is 0 Å². The Morgan fingerprint density at radius 2 is 2.33 bits per heavy atom. The first-order chi connectivity index (χ1) is 4.20. The van der Waals surface area contributed by atoms with Crippen molar-refractivity contribution in [2.75, 3.05) is 0 Å². The standard InChI is InChI=1S/C7H9NO/c1-5-2-3-6(4-5)7(8)9/h2-3H,4H2,1H3,(H2,8,9). The van der Waals surface area contributed by atoms with Crippen molar-refractivity contribution in [1.82, 2.24) is 0 Å². The summed E-state index contributed by atoms with van der Waals surface area (Å²) in [5.74, 6) is -0.303. The molecule has 9 heavy (non-hydrogen) atoms. The van der Waals surface area contributed by atoms with Gasteiger partial charge >= 0.3 is 0 Å². The molecule has 0 unspecified atom stereocenters. The highest BCUT2D eigenvalue weighted by molar-refractivity contribution is 5.93. The molecule has 0 aromatic carbocycles. The zero-order valence-electron chi connectivity index (χ0n) is 5.35. The van der Waals surface area contributed by atoms with Gasteiger partial charge in [0.25, 0.3) is 0 Å². The molecule has 0 heterocycles. The molecule has 1 amide bonds. The number of primary amides is 1. The van der Waals surface area contributed by atoms with E-state index in [0.717, 1.165) is 6.42 Å². The summed E-state index contributed by atoms with van der Waals surface area (Å²) in [6, 6.07) is 0. The van der Waals surface area contributed by atoms with Crippen LogP contribution in [0, 0.1) is 0 Å². The first-order valence-electron chi connectivity index (χ1n) is 2.86. The highest BCUT2D eigenvalue weighted by atomic mass is 16.1. The van der Waals surface area contributed by atoms with Crippen LogP contribution >= 0.6 is 0 Å². The van der Waals surface area contributed by atoms with E-state index in [1.165, 1.54) is 5.57 Å². The van der Waals surface area contributed by atoms with Crippen LogP contribution in [0.4, 0.5) is 0 Å². The van der Waals surface area contributed by atoms with E-state index in [4.69, 9.17) is 5.73 Å². The number of allylic oxidation sites excluding steroid dienone is 3. The zero-order valence-corrected chi connectivity index (χ0v) is 5.35. The van der Waals surface area contributed by atoms with Crippen LogP contribution in [0.25, 0.3) is 0 Å². The zero-order chi connectivity index (χ0) is 6.85. The number of carbonyl (C=O) groups is 1. The molecular weight excluding hydrogens is 114 g/mol. The van der Waals surface area contributed by atoms with Crippen molar-refractivity contribution >= 4 is 5.91 Å². The van der Waals surface area contributed by atoms with E-state index >= 15 is 0 Å². The topological polar surface area (TPSA) is 43.1 Å². The van der Waals surface area contributed by atoms with Crippen LogP contribution in [0.15, 0.2) is 23.3 Å². The molecule has 2 nitrogen and oxygen atoms in total. The van der Waals surface area contributed by atoms with Gasteiger partial charge in [0.15, 0.2) is 0 Å². The Kier molecular flexibility index (Phi) is 1.39. The summed E-state index contributed by atoms with van der Waals surface area (Å²) >= 11 is 0. The third kappa shape index (κ3) is 1.19. The Morgan fingerprint density at radius 3 is 2.56 bits per heavy atom. The second kappa shape index (κ2) is 2.05. The van der Waals surface area contributed by atoms with Crippen LogP contribution in [-0.2, 0) is 4.79 Å². The van der Waals surface area contributed by atoms with Crippen molar-refractivity contribution in [2.45, 2.75) is 13.3 Å². The number of rotatable bonds is 1. The van der Waals surface area contributed by atoms with Crippen LogP contribution < -0.4 is 5.73 Å². The molecule has 0 atom stereocenters. The van der Waals surface area contributed by atoms with E-state index in [9.17, 15) is 4.79 Å². The summed E-state index contributed by atoms with van der Waals surface area (Å²) in [5.41, 5.74) is 6.93. The van der Waals surface area contributed by atoms with Gasteiger partial charge in [-0.2, -0.15) is 0 Å². The molecule has 0 aliphatic heterocycles. The molecule has 2 N–H and O–H groups in total. The van der Waals surface area contributed by atoms with Gasteiger partial charge in [-0.15, -0.1) is 0 Å². The van der Waals surface area contributed by atoms with Crippen molar-refractivity contribution in [3.63, 3.8) is 0 Å². The lowest BCUT2D eigenvalue weighted by molar-refractivity contribution is -0.114. The number of nitrogens with two attached hydrogens (primary N) is 1. The molecule has 0 bridgehead atoms.